The van der Waals surface area contributed by atoms with Crippen LogP contribution in [-0.2, 0) is 11.3 Å². The predicted octanol–water partition coefficient (Wildman–Crippen LogP) is 0.819. The molecule has 0 amide bonds. The highest BCUT2D eigenvalue weighted by molar-refractivity contribution is 9.10. The number of H-pyrrole nitrogens is 1. The fraction of sp³-hybridized carbons (Fsp3) is 0.312. The number of nitrogens with zero attached hydrogens (tertiary/aromatic N) is 2. The first kappa shape index (κ1) is 17.6. The zero-order valence-electron chi connectivity index (χ0n) is 13.2. The van der Waals surface area contributed by atoms with E-state index in [0.29, 0.717) is 36.5 Å². The Morgan fingerprint density at radius 2 is 2.00 bits per heavy atom. The maximum absolute atomic E-state index is 12.9. The van der Waals surface area contributed by atoms with Crippen LogP contribution in [0.3, 0.4) is 0 Å². The van der Waals surface area contributed by atoms with Crippen molar-refractivity contribution in [2.75, 3.05) is 26.3 Å². The number of nitrogens with one attached hydrogen (secondary N) is 1. The molecule has 2 aromatic rings. The van der Waals surface area contributed by atoms with Crippen molar-refractivity contribution in [1.29, 1.82) is 0 Å². The molecule has 1 aliphatic heterocycles. The lowest BCUT2D eigenvalue weighted by atomic mass is 10.2. The minimum atomic E-state index is -1.33. The molecular formula is C16H16BrN3O5. The number of carboxylic acid groups (broad SMARTS) is 1. The normalized spacial score (nSPS) is 15.2. The second-order valence-electron chi connectivity index (χ2n) is 5.60. The first-order chi connectivity index (χ1) is 12.0. The lowest BCUT2D eigenvalue weighted by Gasteiger charge is -2.26. The fourth-order valence-corrected chi connectivity index (χ4v) is 3.12. The van der Waals surface area contributed by atoms with E-state index in [-0.39, 0.29) is 17.8 Å². The molecule has 0 radical (unpaired) electrons. The molecule has 132 valence electrons. The maximum Gasteiger partial charge on any atom is 0.352 e. The minimum absolute atomic E-state index is 0.0500. The zero-order valence-corrected chi connectivity index (χ0v) is 14.8. The molecule has 0 atom stereocenters. The highest BCUT2D eigenvalue weighted by Gasteiger charge is 2.22. The summed E-state index contributed by atoms with van der Waals surface area (Å²) < 4.78 is 6.92. The molecule has 1 saturated heterocycles. The molecule has 9 heteroatoms. The van der Waals surface area contributed by atoms with Crippen molar-refractivity contribution in [1.82, 2.24) is 14.5 Å². The Hall–Kier alpha value is -2.23. The molecule has 25 heavy (non-hydrogen) atoms. The van der Waals surface area contributed by atoms with E-state index in [9.17, 15) is 19.5 Å². The molecule has 0 aliphatic carbocycles. The van der Waals surface area contributed by atoms with Gasteiger partial charge in [-0.25, -0.2) is 14.2 Å². The molecule has 1 fully saturated rings. The van der Waals surface area contributed by atoms with Crippen molar-refractivity contribution >= 4 is 21.9 Å². The van der Waals surface area contributed by atoms with Crippen molar-refractivity contribution in [2.45, 2.75) is 6.54 Å². The van der Waals surface area contributed by atoms with Gasteiger partial charge in [0.2, 0.25) is 0 Å². The first-order valence-electron chi connectivity index (χ1n) is 7.65. The third kappa shape index (κ3) is 3.73. The molecule has 0 unspecified atom stereocenters. The Morgan fingerprint density at radius 1 is 1.28 bits per heavy atom. The monoisotopic (exact) mass is 409 g/mol. The second-order valence-corrected chi connectivity index (χ2v) is 6.51. The molecule has 1 aromatic heterocycles. The van der Waals surface area contributed by atoms with Gasteiger partial charge in [0.05, 0.1) is 24.5 Å². The lowest BCUT2D eigenvalue weighted by Crippen LogP contribution is -2.42. The Bertz CT molecular complexity index is 915. The van der Waals surface area contributed by atoms with Gasteiger partial charge in [-0.2, -0.15) is 0 Å². The van der Waals surface area contributed by atoms with Gasteiger partial charge in [-0.3, -0.25) is 9.69 Å². The average Bonchev–Trinajstić information content (AvgIpc) is 2.58. The third-order valence-electron chi connectivity index (χ3n) is 3.96. The average molecular weight is 410 g/mol. The predicted molar refractivity (Wildman–Crippen MR) is 93.4 cm³/mol. The number of morpholine rings is 1. The zero-order chi connectivity index (χ0) is 18.0. The van der Waals surface area contributed by atoms with E-state index in [1.807, 2.05) is 4.90 Å². The number of benzene rings is 1. The van der Waals surface area contributed by atoms with E-state index in [2.05, 4.69) is 20.9 Å². The summed E-state index contributed by atoms with van der Waals surface area (Å²) in [4.78, 5) is 41.0. The summed E-state index contributed by atoms with van der Waals surface area (Å²) in [5.41, 5.74) is -1.38. The van der Waals surface area contributed by atoms with Gasteiger partial charge in [0.15, 0.2) is 0 Å². The van der Waals surface area contributed by atoms with E-state index in [4.69, 9.17) is 4.74 Å². The Kier molecular flexibility index (Phi) is 5.16. The van der Waals surface area contributed by atoms with Crippen LogP contribution >= 0.6 is 15.9 Å². The maximum atomic E-state index is 12.9. The van der Waals surface area contributed by atoms with Crippen LogP contribution in [0.25, 0.3) is 5.69 Å². The van der Waals surface area contributed by atoms with Crippen molar-refractivity contribution in [3.05, 3.63) is 60.8 Å². The van der Waals surface area contributed by atoms with Crippen LogP contribution in [0.15, 0.2) is 38.3 Å². The molecule has 8 nitrogen and oxygen atoms in total. The van der Waals surface area contributed by atoms with Crippen molar-refractivity contribution in [3.8, 4) is 5.69 Å². The number of rotatable bonds is 4. The van der Waals surface area contributed by atoms with Gasteiger partial charge in [0.1, 0.15) is 5.69 Å². The molecule has 1 aliphatic rings. The number of hydrogen-bond acceptors (Lipinski definition) is 5. The molecule has 3 rings (SSSR count). The number of halogens is 1. The smallest absolute Gasteiger partial charge is 0.352 e. The van der Waals surface area contributed by atoms with E-state index < -0.39 is 17.2 Å². The number of aromatic nitrogens is 2. The summed E-state index contributed by atoms with van der Waals surface area (Å²) >= 11 is 3.30. The van der Waals surface area contributed by atoms with E-state index in [1.54, 1.807) is 24.3 Å². The topological polar surface area (TPSA) is 105 Å². The Balaban J connectivity index is 2.14. The van der Waals surface area contributed by atoms with E-state index in [0.717, 1.165) is 4.57 Å². The highest BCUT2D eigenvalue weighted by atomic mass is 79.9. The van der Waals surface area contributed by atoms with Gasteiger partial charge in [0, 0.05) is 24.1 Å². The molecule has 0 bridgehead atoms. The summed E-state index contributed by atoms with van der Waals surface area (Å²) in [6.45, 7) is 2.36. The number of hydrogen-bond donors (Lipinski definition) is 2. The van der Waals surface area contributed by atoms with Crippen LogP contribution in [-0.4, -0.2) is 51.8 Å². The van der Waals surface area contributed by atoms with Crippen molar-refractivity contribution < 1.29 is 14.6 Å². The van der Waals surface area contributed by atoms with Gasteiger partial charge in [-0.1, -0.05) is 22.0 Å². The summed E-state index contributed by atoms with van der Waals surface area (Å²) in [5.74, 6) is -1.33. The van der Waals surface area contributed by atoms with Gasteiger partial charge in [0.25, 0.3) is 5.56 Å². The van der Waals surface area contributed by atoms with Crippen LogP contribution in [0.2, 0.25) is 0 Å². The molecule has 2 N–H and O–H groups in total. The largest absolute Gasteiger partial charge is 0.477 e. The molecule has 1 aromatic carbocycles. The number of aromatic amines is 1. The molecular weight excluding hydrogens is 394 g/mol. The number of carbonyl (C=O) groups is 1. The van der Waals surface area contributed by atoms with Crippen molar-refractivity contribution in [3.63, 3.8) is 0 Å². The SMILES string of the molecule is O=C(O)c1[nH]c(=O)n(-c2cccc(Br)c2)c(=O)c1CN1CCOCC1. The first-order valence-corrected chi connectivity index (χ1v) is 8.44. The lowest BCUT2D eigenvalue weighted by molar-refractivity contribution is 0.0336. The van der Waals surface area contributed by atoms with Crippen LogP contribution in [0.4, 0.5) is 0 Å². The third-order valence-corrected chi connectivity index (χ3v) is 4.46. The Labute approximate surface area is 150 Å². The summed E-state index contributed by atoms with van der Waals surface area (Å²) in [6.07, 6.45) is 0. The summed E-state index contributed by atoms with van der Waals surface area (Å²) in [7, 11) is 0. The standard InChI is InChI=1S/C16H16BrN3O5/c17-10-2-1-3-11(8-10)20-14(21)12(9-19-4-6-25-7-5-19)13(15(22)23)18-16(20)24/h1-3,8H,4-7,9H2,(H,18,24)(H,22,23). The highest BCUT2D eigenvalue weighted by Crippen LogP contribution is 2.14. The second kappa shape index (κ2) is 7.34. The van der Waals surface area contributed by atoms with Gasteiger partial charge in [-0.15, -0.1) is 0 Å². The summed E-state index contributed by atoms with van der Waals surface area (Å²) in [6, 6.07) is 6.69. The summed E-state index contributed by atoms with van der Waals surface area (Å²) in [5, 5.41) is 9.38. The van der Waals surface area contributed by atoms with E-state index >= 15 is 0 Å². The molecule has 0 saturated carbocycles. The Morgan fingerprint density at radius 3 is 2.64 bits per heavy atom. The molecule has 2 heterocycles. The van der Waals surface area contributed by atoms with Crippen LogP contribution in [0.5, 0.6) is 0 Å². The van der Waals surface area contributed by atoms with Gasteiger partial charge < -0.3 is 14.8 Å². The van der Waals surface area contributed by atoms with Gasteiger partial charge >= 0.3 is 11.7 Å². The fourth-order valence-electron chi connectivity index (χ4n) is 2.73. The molecule has 0 spiro atoms. The van der Waals surface area contributed by atoms with E-state index in [1.165, 1.54) is 0 Å². The quantitative estimate of drug-likeness (QED) is 0.774. The van der Waals surface area contributed by atoms with Crippen LogP contribution in [0.1, 0.15) is 16.1 Å². The van der Waals surface area contributed by atoms with Gasteiger partial charge in [-0.05, 0) is 18.2 Å². The van der Waals surface area contributed by atoms with Crippen molar-refractivity contribution in [2.24, 2.45) is 0 Å². The number of carboxylic acids is 1. The minimum Gasteiger partial charge on any atom is -0.477 e. The van der Waals surface area contributed by atoms with Crippen LogP contribution in [0, 0.1) is 0 Å². The van der Waals surface area contributed by atoms with Crippen LogP contribution < -0.4 is 11.2 Å². The number of ether oxygens (including phenoxy) is 1. The number of aromatic carboxylic acids is 1.